The number of aryl methyl sites for hydroxylation is 1. The number of hydrogen-bond donors (Lipinski definition) is 1. The summed E-state index contributed by atoms with van der Waals surface area (Å²) in [5, 5.41) is 0.336. The summed E-state index contributed by atoms with van der Waals surface area (Å²) in [5.74, 6) is -0.667. The fourth-order valence-corrected chi connectivity index (χ4v) is 6.34. The number of pyridine rings is 2. The second-order valence-electron chi connectivity index (χ2n) is 9.99. The number of benzene rings is 1. The van der Waals surface area contributed by atoms with Gasteiger partial charge >= 0.3 is 5.69 Å². The highest BCUT2D eigenvalue weighted by molar-refractivity contribution is 7.90. The van der Waals surface area contributed by atoms with Gasteiger partial charge in [-0.3, -0.25) is 9.78 Å². The molecule has 0 radical (unpaired) electrons. The topological polar surface area (TPSA) is 144 Å². The number of piperazine rings is 1. The molecule has 3 aromatic heterocycles. The first-order valence-electron chi connectivity index (χ1n) is 12.8. The molecule has 2 N–H and O–H groups in total. The van der Waals surface area contributed by atoms with Crippen LogP contribution in [0.25, 0.3) is 28.0 Å². The van der Waals surface area contributed by atoms with Crippen LogP contribution in [0.4, 0.5) is 15.9 Å². The van der Waals surface area contributed by atoms with Crippen molar-refractivity contribution in [3.8, 4) is 16.9 Å². The fraction of sp³-hybridized carbons (Fsp3) is 0.250. The van der Waals surface area contributed by atoms with Crippen LogP contribution in [-0.4, -0.2) is 70.7 Å². The molecule has 0 bridgehead atoms. The smallest absolute Gasteiger partial charge is 0.355 e. The number of halogens is 2. The van der Waals surface area contributed by atoms with Crippen LogP contribution < -0.4 is 16.3 Å². The van der Waals surface area contributed by atoms with Crippen molar-refractivity contribution in [2.45, 2.75) is 24.8 Å². The van der Waals surface area contributed by atoms with Crippen molar-refractivity contribution in [2.24, 2.45) is 0 Å². The van der Waals surface area contributed by atoms with Crippen molar-refractivity contribution >= 4 is 49.9 Å². The molecule has 4 heterocycles. The minimum Gasteiger partial charge on any atom is -0.398 e. The molecule has 1 aliphatic heterocycles. The molecule has 14 heteroatoms. The molecule has 0 aliphatic carbocycles. The van der Waals surface area contributed by atoms with Crippen molar-refractivity contribution in [3.05, 3.63) is 76.2 Å². The number of anilines is 2. The number of nitrogen functional groups attached to an aromatic ring is 1. The molecular weight excluding hydrogens is 585 g/mol. The molecule has 4 aromatic rings. The van der Waals surface area contributed by atoms with E-state index in [9.17, 15) is 18.0 Å². The van der Waals surface area contributed by atoms with Crippen LogP contribution in [0.1, 0.15) is 12.6 Å². The maximum Gasteiger partial charge on any atom is 0.355 e. The van der Waals surface area contributed by atoms with Gasteiger partial charge in [0.05, 0.1) is 37.9 Å². The van der Waals surface area contributed by atoms with Crippen molar-refractivity contribution in [2.75, 3.05) is 36.5 Å². The summed E-state index contributed by atoms with van der Waals surface area (Å²) in [6.07, 6.45) is 3.58. The van der Waals surface area contributed by atoms with E-state index in [-0.39, 0.29) is 61.7 Å². The van der Waals surface area contributed by atoms with E-state index in [2.05, 4.69) is 21.5 Å². The molecule has 1 atom stereocenters. The van der Waals surface area contributed by atoms with Crippen molar-refractivity contribution in [1.82, 2.24) is 24.4 Å². The summed E-state index contributed by atoms with van der Waals surface area (Å²) in [6.45, 7) is 7.98. The van der Waals surface area contributed by atoms with Crippen LogP contribution in [-0.2, 0) is 14.6 Å². The molecule has 1 aliphatic rings. The molecule has 11 nitrogen and oxygen atoms in total. The van der Waals surface area contributed by atoms with Crippen molar-refractivity contribution in [1.29, 1.82) is 0 Å². The molecule has 0 spiro atoms. The lowest BCUT2D eigenvalue weighted by Crippen LogP contribution is -2.54. The first-order valence-corrected chi connectivity index (χ1v) is 15.1. The predicted molar refractivity (Wildman–Crippen MR) is 159 cm³/mol. The fourth-order valence-electron chi connectivity index (χ4n) is 5.20. The Balaban J connectivity index is 1.86. The molecular formula is C28H27ClFN7O4S. The van der Waals surface area contributed by atoms with E-state index in [0.29, 0.717) is 25.0 Å². The lowest BCUT2D eigenvalue weighted by atomic mass is 10.1. The third-order valence-corrected chi connectivity index (χ3v) is 8.58. The largest absolute Gasteiger partial charge is 0.398 e. The van der Waals surface area contributed by atoms with E-state index in [0.717, 1.165) is 10.8 Å². The van der Waals surface area contributed by atoms with E-state index in [1.54, 1.807) is 11.8 Å². The van der Waals surface area contributed by atoms with E-state index >= 15 is 4.39 Å². The molecule has 1 fully saturated rings. The maximum absolute atomic E-state index is 15.1. The zero-order chi connectivity index (χ0) is 30.5. The number of amides is 1. The minimum absolute atomic E-state index is 0.0233. The van der Waals surface area contributed by atoms with Gasteiger partial charge in [-0.05, 0) is 44.2 Å². The van der Waals surface area contributed by atoms with Crippen molar-refractivity contribution < 1.29 is 17.6 Å². The van der Waals surface area contributed by atoms with Crippen LogP contribution in [0.3, 0.4) is 0 Å². The number of sulfone groups is 1. The summed E-state index contributed by atoms with van der Waals surface area (Å²) in [5.41, 5.74) is 5.40. The first-order chi connectivity index (χ1) is 19.8. The van der Waals surface area contributed by atoms with Gasteiger partial charge in [-0.25, -0.2) is 27.2 Å². The number of hydrogen-bond acceptors (Lipinski definition) is 9. The second-order valence-corrected chi connectivity index (χ2v) is 12.4. The maximum atomic E-state index is 15.1. The molecule has 5 rings (SSSR count). The third kappa shape index (κ3) is 4.98. The Bertz CT molecular complexity index is 1930. The zero-order valence-electron chi connectivity index (χ0n) is 23.0. The lowest BCUT2D eigenvalue weighted by molar-refractivity contribution is -0.126. The molecule has 1 amide bonds. The van der Waals surface area contributed by atoms with Gasteiger partial charge in [0, 0.05) is 43.8 Å². The summed E-state index contributed by atoms with van der Waals surface area (Å²) < 4.78 is 41.7. The summed E-state index contributed by atoms with van der Waals surface area (Å²) >= 11 is 6.70. The van der Waals surface area contributed by atoms with Gasteiger partial charge in [0.1, 0.15) is 11.6 Å². The molecule has 0 unspecified atom stereocenters. The monoisotopic (exact) mass is 611 g/mol. The summed E-state index contributed by atoms with van der Waals surface area (Å²) in [6, 6.07) is 6.65. The standard InChI is InChI=1S/C28H27ClFN7O4S/c1-5-22(38)35-11-12-36(15(2)14-35)26-17-13-18(29)24(23-19(30)7-6-8-20(23)31)33-27(17)37(28(39)34-26)25-16(3)32-10-9-21(25)42(4,40)41/h5-10,13,15H,1,11-12,14,31H2,2-4H3/t15-/m0/s1. The number of rotatable bonds is 5. The van der Waals surface area contributed by atoms with Crippen LogP contribution in [0.5, 0.6) is 0 Å². The number of fused-ring (bicyclic) bond motifs is 1. The van der Waals surface area contributed by atoms with Gasteiger partial charge < -0.3 is 15.5 Å². The van der Waals surface area contributed by atoms with Crippen LogP contribution in [0, 0.1) is 12.7 Å². The van der Waals surface area contributed by atoms with Gasteiger partial charge in [0.15, 0.2) is 15.5 Å². The number of aromatic nitrogens is 4. The van der Waals surface area contributed by atoms with Crippen molar-refractivity contribution in [3.63, 3.8) is 0 Å². The highest BCUT2D eigenvalue weighted by atomic mass is 35.5. The van der Waals surface area contributed by atoms with Crippen LogP contribution in [0.2, 0.25) is 5.02 Å². The van der Waals surface area contributed by atoms with Gasteiger partial charge in [-0.2, -0.15) is 4.98 Å². The highest BCUT2D eigenvalue weighted by Crippen LogP contribution is 2.38. The Morgan fingerprint density at radius 2 is 1.98 bits per heavy atom. The second kappa shape index (κ2) is 10.8. The number of carbonyl (C=O) groups is 1. The third-order valence-electron chi connectivity index (χ3n) is 7.16. The Hall–Kier alpha value is -4.36. The van der Waals surface area contributed by atoms with E-state index in [4.69, 9.17) is 17.3 Å². The Kier molecular flexibility index (Phi) is 7.50. The van der Waals surface area contributed by atoms with E-state index in [1.165, 1.54) is 42.6 Å². The Labute approximate surface area is 246 Å². The van der Waals surface area contributed by atoms with Gasteiger partial charge in [0.25, 0.3) is 0 Å². The zero-order valence-corrected chi connectivity index (χ0v) is 24.6. The predicted octanol–water partition coefficient (Wildman–Crippen LogP) is 3.15. The molecule has 218 valence electrons. The van der Waals surface area contributed by atoms with Gasteiger partial charge in [-0.15, -0.1) is 0 Å². The average Bonchev–Trinajstić information content (AvgIpc) is 2.92. The SMILES string of the molecule is C=CC(=O)N1CCN(c2nc(=O)n(-c3c(S(C)(=O)=O)ccnc3C)c3nc(-c4c(N)cccc4F)c(Cl)cc23)[C@@H](C)C1. The van der Waals surface area contributed by atoms with Crippen LogP contribution >= 0.6 is 11.6 Å². The number of carbonyl (C=O) groups excluding carboxylic acids is 1. The Morgan fingerprint density at radius 1 is 1.24 bits per heavy atom. The normalized spacial score (nSPS) is 15.7. The molecule has 0 saturated carbocycles. The molecule has 1 saturated heterocycles. The Morgan fingerprint density at radius 3 is 2.62 bits per heavy atom. The summed E-state index contributed by atoms with van der Waals surface area (Å²) in [4.78, 5) is 42.7. The quantitative estimate of drug-likeness (QED) is 0.266. The first kappa shape index (κ1) is 29.1. The van der Waals surface area contributed by atoms with Gasteiger partial charge in [0.2, 0.25) is 5.91 Å². The minimum atomic E-state index is -3.85. The molecule has 42 heavy (non-hydrogen) atoms. The average molecular weight is 612 g/mol. The summed E-state index contributed by atoms with van der Waals surface area (Å²) in [7, 11) is -3.85. The highest BCUT2D eigenvalue weighted by Gasteiger charge is 2.31. The van der Waals surface area contributed by atoms with Crippen LogP contribution in [0.15, 0.2) is 58.9 Å². The molecule has 1 aromatic carbocycles. The van der Waals surface area contributed by atoms with E-state index < -0.39 is 21.3 Å². The van der Waals surface area contributed by atoms with Gasteiger partial charge in [-0.1, -0.05) is 24.2 Å². The van der Waals surface area contributed by atoms with E-state index in [1.807, 2.05) is 11.8 Å². The lowest BCUT2D eigenvalue weighted by Gasteiger charge is -2.40. The number of nitrogens with zero attached hydrogens (tertiary/aromatic N) is 6. The number of nitrogens with two attached hydrogens (primary N) is 1.